The van der Waals surface area contributed by atoms with Gasteiger partial charge in [0.25, 0.3) is 0 Å². The van der Waals surface area contributed by atoms with Crippen LogP contribution in [0.1, 0.15) is 25.0 Å². The van der Waals surface area contributed by atoms with Crippen LogP contribution in [0.2, 0.25) is 0 Å². The smallest absolute Gasteiger partial charge is 0.0999 e. The van der Waals surface area contributed by atoms with Gasteiger partial charge in [0.1, 0.15) is 0 Å². The summed E-state index contributed by atoms with van der Waals surface area (Å²) < 4.78 is 2.41. The van der Waals surface area contributed by atoms with Gasteiger partial charge in [0.15, 0.2) is 0 Å². The van der Waals surface area contributed by atoms with Gasteiger partial charge < -0.3 is 14.4 Å². The van der Waals surface area contributed by atoms with E-state index in [-0.39, 0.29) is 5.41 Å². The summed E-state index contributed by atoms with van der Waals surface area (Å²) >= 11 is 1.77. The third kappa shape index (κ3) is 6.17. The predicted molar refractivity (Wildman–Crippen MR) is 269 cm³/mol. The lowest BCUT2D eigenvalue weighted by Crippen LogP contribution is -2.17. The van der Waals surface area contributed by atoms with Gasteiger partial charge in [-0.2, -0.15) is 0 Å². The minimum Gasteiger partial charge on any atom is -0.310 e. The molecule has 2 aromatic heterocycles. The highest BCUT2D eigenvalue weighted by atomic mass is 32.1. The fourth-order valence-corrected chi connectivity index (χ4v) is 10.8. The van der Waals surface area contributed by atoms with Crippen LogP contribution in [0.15, 0.2) is 224 Å². The first-order chi connectivity index (χ1) is 31.0. The fraction of sp³-hybridized carbons (Fsp3) is 0.0508. The third-order valence-electron chi connectivity index (χ3n) is 13.0. The second-order valence-corrected chi connectivity index (χ2v) is 18.0. The van der Waals surface area contributed by atoms with E-state index in [1.807, 2.05) is 0 Å². The number of benzene rings is 9. The van der Waals surface area contributed by atoms with E-state index in [2.05, 4.69) is 252 Å². The zero-order valence-electron chi connectivity index (χ0n) is 35.1. The molecule has 2 heterocycles. The largest absolute Gasteiger partial charge is 0.310 e. The average molecular weight is 826 g/mol. The van der Waals surface area contributed by atoms with Crippen molar-refractivity contribution < 1.29 is 0 Å². The van der Waals surface area contributed by atoms with Crippen molar-refractivity contribution in [1.29, 1.82) is 0 Å². The van der Waals surface area contributed by atoms with E-state index in [1.165, 1.54) is 59.8 Å². The lowest BCUT2D eigenvalue weighted by molar-refractivity contribution is 0.660. The van der Waals surface area contributed by atoms with E-state index >= 15 is 0 Å². The van der Waals surface area contributed by atoms with Gasteiger partial charge in [-0.3, -0.25) is 0 Å². The summed E-state index contributed by atoms with van der Waals surface area (Å²) in [7, 11) is 0. The standard InChI is InChI=1S/C59H43N3S/c1-59(2)54-24-13-11-22-50(54)51-31-30-47(39-55(51)59)61(45-20-7-4-8-21-45)49-36-43(42-28-32-57-53(37-42)52-23-12-14-25-56(52)62(57)58-26-15-33-63-58)35-48(38-49)60(44-18-5-3-6-19-44)46-29-27-40-16-9-10-17-41(40)34-46/h3-39H,1-2H3. The molecule has 0 saturated heterocycles. The van der Waals surface area contributed by atoms with E-state index in [9.17, 15) is 0 Å². The van der Waals surface area contributed by atoms with Crippen LogP contribution in [0.25, 0.3) is 59.8 Å². The summed E-state index contributed by atoms with van der Waals surface area (Å²) in [6.45, 7) is 4.72. The van der Waals surface area contributed by atoms with Gasteiger partial charge in [-0.25, -0.2) is 0 Å². The first kappa shape index (κ1) is 37.1. The lowest BCUT2D eigenvalue weighted by Gasteiger charge is -2.31. The number of fused-ring (bicyclic) bond motifs is 7. The first-order valence-corrected chi connectivity index (χ1v) is 22.5. The zero-order valence-corrected chi connectivity index (χ0v) is 35.9. The van der Waals surface area contributed by atoms with E-state index in [0.29, 0.717) is 0 Å². The van der Waals surface area contributed by atoms with Crippen molar-refractivity contribution in [3.8, 4) is 27.3 Å². The number of nitrogens with zero attached hydrogens (tertiary/aromatic N) is 3. The Balaban J connectivity index is 1.12. The summed E-state index contributed by atoms with van der Waals surface area (Å²) in [5.74, 6) is 0. The Morgan fingerprint density at radius 3 is 1.75 bits per heavy atom. The Kier molecular flexibility index (Phi) is 8.70. The normalized spacial score (nSPS) is 12.7. The van der Waals surface area contributed by atoms with Crippen molar-refractivity contribution in [3.05, 3.63) is 235 Å². The molecular formula is C59H43N3S. The second kappa shape index (κ2) is 14.8. The van der Waals surface area contributed by atoms with Crippen molar-refractivity contribution in [2.45, 2.75) is 19.3 Å². The lowest BCUT2D eigenvalue weighted by atomic mass is 9.82. The van der Waals surface area contributed by atoms with E-state index in [4.69, 9.17) is 0 Å². The van der Waals surface area contributed by atoms with Crippen LogP contribution in [0.3, 0.4) is 0 Å². The summed E-state index contributed by atoms with van der Waals surface area (Å²) in [5.41, 5.74) is 16.5. The molecule has 0 saturated carbocycles. The Bertz CT molecular complexity index is 3490. The molecule has 1 aliphatic rings. The summed E-state index contributed by atoms with van der Waals surface area (Å²) in [6.07, 6.45) is 0. The summed E-state index contributed by atoms with van der Waals surface area (Å²) in [4.78, 5) is 4.85. The molecule has 0 spiro atoms. The molecular weight excluding hydrogens is 783 g/mol. The quantitative estimate of drug-likeness (QED) is 0.151. The van der Waals surface area contributed by atoms with E-state index < -0.39 is 0 Å². The number of anilines is 6. The molecule has 0 fully saturated rings. The second-order valence-electron chi connectivity index (χ2n) is 17.0. The molecule has 3 nitrogen and oxygen atoms in total. The predicted octanol–water partition coefficient (Wildman–Crippen LogP) is 16.9. The number of aromatic nitrogens is 1. The SMILES string of the molecule is CC1(C)c2ccccc2-c2ccc(N(c3ccccc3)c3cc(-c4ccc5c(c4)c4ccccc4n5-c4cccs4)cc(N(c4ccccc4)c4ccc5ccccc5c4)c3)cc21. The van der Waals surface area contributed by atoms with Gasteiger partial charge in [-0.1, -0.05) is 135 Å². The maximum atomic E-state index is 2.44. The Hall–Kier alpha value is -7.66. The van der Waals surface area contributed by atoms with Gasteiger partial charge in [-0.05, 0) is 147 Å². The molecule has 0 N–H and O–H groups in total. The van der Waals surface area contributed by atoms with Gasteiger partial charge >= 0.3 is 0 Å². The Morgan fingerprint density at radius 2 is 1.00 bits per heavy atom. The highest BCUT2D eigenvalue weighted by Crippen LogP contribution is 2.51. The van der Waals surface area contributed by atoms with Crippen molar-refractivity contribution in [2.75, 3.05) is 9.80 Å². The van der Waals surface area contributed by atoms with Crippen molar-refractivity contribution in [2.24, 2.45) is 0 Å². The molecule has 0 radical (unpaired) electrons. The molecule has 0 bridgehead atoms. The number of rotatable bonds is 8. The minimum atomic E-state index is -0.144. The van der Waals surface area contributed by atoms with Gasteiger partial charge in [0, 0.05) is 50.3 Å². The summed E-state index contributed by atoms with van der Waals surface area (Å²) in [5, 5.41) is 8.27. The van der Waals surface area contributed by atoms with Crippen molar-refractivity contribution in [3.63, 3.8) is 0 Å². The van der Waals surface area contributed by atoms with Crippen LogP contribution in [-0.4, -0.2) is 4.57 Å². The van der Waals surface area contributed by atoms with Crippen molar-refractivity contribution >= 4 is 78.0 Å². The van der Waals surface area contributed by atoms with Crippen LogP contribution < -0.4 is 9.80 Å². The molecule has 0 atom stereocenters. The van der Waals surface area contributed by atoms with Gasteiger partial charge in [-0.15, -0.1) is 11.3 Å². The molecule has 1 aliphatic carbocycles. The highest BCUT2D eigenvalue weighted by Gasteiger charge is 2.36. The maximum absolute atomic E-state index is 2.44. The van der Waals surface area contributed by atoms with Crippen LogP contribution in [0.5, 0.6) is 0 Å². The van der Waals surface area contributed by atoms with Crippen LogP contribution >= 0.6 is 11.3 Å². The van der Waals surface area contributed by atoms with Crippen LogP contribution in [0.4, 0.5) is 34.1 Å². The van der Waals surface area contributed by atoms with Crippen molar-refractivity contribution in [1.82, 2.24) is 4.57 Å². The number of hydrogen-bond acceptors (Lipinski definition) is 3. The molecule has 0 unspecified atom stereocenters. The Labute approximate surface area is 372 Å². The zero-order chi connectivity index (χ0) is 42.1. The molecule has 4 heteroatoms. The van der Waals surface area contributed by atoms with Crippen LogP contribution in [0, 0.1) is 0 Å². The molecule has 11 aromatic rings. The Morgan fingerprint density at radius 1 is 0.381 bits per heavy atom. The highest BCUT2D eigenvalue weighted by molar-refractivity contribution is 7.12. The fourth-order valence-electron chi connectivity index (χ4n) is 10.0. The van der Waals surface area contributed by atoms with Gasteiger partial charge in [0.05, 0.1) is 16.0 Å². The third-order valence-corrected chi connectivity index (χ3v) is 13.9. The molecule has 0 amide bonds. The molecule has 12 rings (SSSR count). The number of hydrogen-bond donors (Lipinski definition) is 0. The summed E-state index contributed by atoms with van der Waals surface area (Å²) in [6, 6.07) is 80.3. The molecule has 0 aliphatic heterocycles. The molecule has 63 heavy (non-hydrogen) atoms. The van der Waals surface area contributed by atoms with Gasteiger partial charge in [0.2, 0.25) is 0 Å². The average Bonchev–Trinajstić information content (AvgIpc) is 4.04. The first-order valence-electron chi connectivity index (χ1n) is 21.7. The monoisotopic (exact) mass is 825 g/mol. The molecule has 9 aromatic carbocycles. The van der Waals surface area contributed by atoms with E-state index in [0.717, 1.165) is 45.3 Å². The minimum absolute atomic E-state index is 0.144. The number of thiophene rings is 1. The maximum Gasteiger partial charge on any atom is 0.0999 e. The topological polar surface area (TPSA) is 11.4 Å². The van der Waals surface area contributed by atoms with Crippen LogP contribution in [-0.2, 0) is 5.41 Å². The molecule has 300 valence electrons. The number of para-hydroxylation sites is 3. The van der Waals surface area contributed by atoms with E-state index in [1.54, 1.807) is 11.3 Å².